The summed E-state index contributed by atoms with van der Waals surface area (Å²) in [6, 6.07) is 10.4. The Balaban J connectivity index is 1.56. The smallest absolute Gasteiger partial charge is 0.227 e. The zero-order valence-electron chi connectivity index (χ0n) is 12.0. The van der Waals surface area contributed by atoms with Crippen molar-refractivity contribution in [2.45, 2.75) is 6.42 Å². The molecule has 3 rings (SSSR count). The van der Waals surface area contributed by atoms with Crippen LogP contribution in [0.3, 0.4) is 0 Å². The van der Waals surface area contributed by atoms with E-state index in [0.29, 0.717) is 11.8 Å². The molecule has 2 aliphatic rings. The van der Waals surface area contributed by atoms with Crippen molar-refractivity contribution in [1.29, 1.82) is 0 Å². The molecule has 0 bridgehead atoms. The molecule has 1 aromatic rings. The van der Waals surface area contributed by atoms with Crippen LogP contribution in [-0.2, 0) is 4.79 Å². The van der Waals surface area contributed by atoms with Crippen LogP contribution in [-0.4, -0.2) is 48.9 Å². The van der Waals surface area contributed by atoms with Gasteiger partial charge in [-0.05, 0) is 17.9 Å². The predicted octanol–water partition coefficient (Wildman–Crippen LogP) is 2.11. The second-order valence-electron chi connectivity index (χ2n) is 5.95. The van der Waals surface area contributed by atoms with Gasteiger partial charge in [-0.3, -0.25) is 9.69 Å². The second-order valence-corrected chi connectivity index (χ2v) is 5.95. The lowest BCUT2D eigenvalue weighted by Gasteiger charge is -2.30. The Morgan fingerprint density at radius 3 is 2.85 bits per heavy atom. The first kappa shape index (κ1) is 13.4. The third-order valence-corrected chi connectivity index (χ3v) is 4.52. The van der Waals surface area contributed by atoms with Crippen molar-refractivity contribution in [3.63, 3.8) is 0 Å². The minimum atomic E-state index is 0.235. The van der Waals surface area contributed by atoms with Crippen LogP contribution in [0.25, 0.3) is 6.08 Å². The fraction of sp³-hybridized carbons (Fsp3) is 0.471. The standard InChI is InChI=1S/C17H22N2O/c1-18-11-9-15-12-19(13-16(15)17(18)20)10-5-8-14-6-3-2-4-7-14/h2-8,15-16H,9-13H2,1H3/t15-,16+/m1/s1. The molecule has 20 heavy (non-hydrogen) atoms. The number of hydrogen-bond acceptors (Lipinski definition) is 2. The molecule has 3 heteroatoms. The Bertz CT molecular complexity index is 497. The highest BCUT2D eigenvalue weighted by Gasteiger charge is 2.41. The van der Waals surface area contributed by atoms with Gasteiger partial charge < -0.3 is 4.90 Å². The van der Waals surface area contributed by atoms with Crippen molar-refractivity contribution >= 4 is 12.0 Å². The number of rotatable bonds is 3. The highest BCUT2D eigenvalue weighted by Crippen LogP contribution is 2.31. The first-order valence-electron chi connectivity index (χ1n) is 7.43. The van der Waals surface area contributed by atoms with Gasteiger partial charge in [-0.2, -0.15) is 0 Å². The number of hydrogen-bond donors (Lipinski definition) is 0. The average Bonchev–Trinajstić information content (AvgIpc) is 2.88. The summed E-state index contributed by atoms with van der Waals surface area (Å²) in [6.45, 7) is 3.86. The van der Waals surface area contributed by atoms with Crippen LogP contribution in [0.1, 0.15) is 12.0 Å². The fourth-order valence-electron chi connectivity index (χ4n) is 3.34. The van der Waals surface area contributed by atoms with E-state index in [2.05, 4.69) is 41.3 Å². The van der Waals surface area contributed by atoms with Gasteiger partial charge in [0.05, 0.1) is 5.92 Å². The van der Waals surface area contributed by atoms with Crippen molar-refractivity contribution in [2.75, 3.05) is 33.2 Å². The van der Waals surface area contributed by atoms with E-state index in [1.54, 1.807) is 0 Å². The topological polar surface area (TPSA) is 23.6 Å². The molecule has 2 heterocycles. The molecule has 2 aliphatic heterocycles. The summed E-state index contributed by atoms with van der Waals surface area (Å²) in [5.41, 5.74) is 1.24. The van der Waals surface area contributed by atoms with Crippen LogP contribution < -0.4 is 0 Å². The van der Waals surface area contributed by atoms with Crippen molar-refractivity contribution < 1.29 is 4.79 Å². The Kier molecular flexibility index (Phi) is 3.88. The quantitative estimate of drug-likeness (QED) is 0.840. The van der Waals surface area contributed by atoms with Crippen molar-refractivity contribution in [3.05, 3.63) is 42.0 Å². The third-order valence-electron chi connectivity index (χ3n) is 4.52. The number of likely N-dealkylation sites (tertiary alicyclic amines) is 2. The highest BCUT2D eigenvalue weighted by atomic mass is 16.2. The maximum absolute atomic E-state index is 12.1. The summed E-state index contributed by atoms with van der Waals surface area (Å²) in [7, 11) is 1.93. The zero-order chi connectivity index (χ0) is 13.9. The molecule has 1 aromatic carbocycles. The molecule has 0 spiro atoms. The molecule has 0 N–H and O–H groups in total. The van der Waals surface area contributed by atoms with Crippen molar-refractivity contribution in [1.82, 2.24) is 9.80 Å². The summed E-state index contributed by atoms with van der Waals surface area (Å²) in [5.74, 6) is 1.15. The lowest BCUT2D eigenvalue weighted by Crippen LogP contribution is -2.42. The predicted molar refractivity (Wildman–Crippen MR) is 81.2 cm³/mol. The van der Waals surface area contributed by atoms with Gasteiger partial charge in [0.1, 0.15) is 0 Å². The summed E-state index contributed by atoms with van der Waals surface area (Å²) in [5, 5.41) is 0. The van der Waals surface area contributed by atoms with Crippen LogP contribution in [0.15, 0.2) is 36.4 Å². The maximum Gasteiger partial charge on any atom is 0.227 e. The lowest BCUT2D eigenvalue weighted by molar-refractivity contribution is -0.137. The minimum absolute atomic E-state index is 0.235. The van der Waals surface area contributed by atoms with E-state index >= 15 is 0 Å². The number of fused-ring (bicyclic) bond motifs is 1. The van der Waals surface area contributed by atoms with Crippen LogP contribution in [0, 0.1) is 11.8 Å². The van der Waals surface area contributed by atoms with Crippen LogP contribution in [0.4, 0.5) is 0 Å². The van der Waals surface area contributed by atoms with E-state index in [0.717, 1.165) is 32.6 Å². The van der Waals surface area contributed by atoms with Gasteiger partial charge in [0.15, 0.2) is 0 Å². The highest BCUT2D eigenvalue weighted by molar-refractivity contribution is 5.80. The molecular weight excluding hydrogens is 248 g/mol. The molecule has 3 nitrogen and oxygen atoms in total. The van der Waals surface area contributed by atoms with Crippen LogP contribution in [0.5, 0.6) is 0 Å². The van der Waals surface area contributed by atoms with Crippen molar-refractivity contribution in [3.8, 4) is 0 Å². The Morgan fingerprint density at radius 2 is 2.05 bits per heavy atom. The summed E-state index contributed by atoms with van der Waals surface area (Å²) in [6.07, 6.45) is 5.53. The average molecular weight is 270 g/mol. The Hall–Kier alpha value is -1.61. The number of piperidine rings is 1. The molecule has 0 saturated carbocycles. The number of carbonyl (C=O) groups is 1. The lowest BCUT2D eigenvalue weighted by atomic mass is 9.88. The van der Waals surface area contributed by atoms with E-state index in [4.69, 9.17) is 0 Å². The minimum Gasteiger partial charge on any atom is -0.345 e. The van der Waals surface area contributed by atoms with Crippen molar-refractivity contribution in [2.24, 2.45) is 11.8 Å². The Labute approximate surface area is 120 Å². The number of benzene rings is 1. The van der Waals surface area contributed by atoms with E-state index in [-0.39, 0.29) is 5.92 Å². The molecule has 0 aliphatic carbocycles. The molecule has 2 fully saturated rings. The number of carbonyl (C=O) groups excluding carboxylic acids is 1. The third kappa shape index (κ3) is 2.78. The molecule has 1 amide bonds. The number of nitrogens with zero attached hydrogens (tertiary/aromatic N) is 2. The summed E-state index contributed by atoms with van der Waals surface area (Å²) in [4.78, 5) is 16.4. The van der Waals surface area contributed by atoms with Crippen LogP contribution in [0.2, 0.25) is 0 Å². The van der Waals surface area contributed by atoms with Gasteiger partial charge in [0.25, 0.3) is 0 Å². The molecule has 106 valence electrons. The van der Waals surface area contributed by atoms with E-state index in [9.17, 15) is 4.79 Å². The molecule has 2 saturated heterocycles. The largest absolute Gasteiger partial charge is 0.345 e. The van der Waals surface area contributed by atoms with Gasteiger partial charge in [-0.15, -0.1) is 0 Å². The fourth-order valence-corrected chi connectivity index (χ4v) is 3.34. The molecular formula is C17H22N2O. The normalized spacial score (nSPS) is 27.2. The number of amides is 1. The molecule has 0 radical (unpaired) electrons. The van der Waals surface area contributed by atoms with Gasteiger partial charge in [0, 0.05) is 33.2 Å². The first-order valence-corrected chi connectivity index (χ1v) is 7.43. The maximum atomic E-state index is 12.1. The monoisotopic (exact) mass is 270 g/mol. The van der Waals surface area contributed by atoms with Crippen LogP contribution >= 0.6 is 0 Å². The molecule has 0 unspecified atom stereocenters. The molecule has 0 aromatic heterocycles. The Morgan fingerprint density at radius 1 is 1.25 bits per heavy atom. The van der Waals surface area contributed by atoms with Gasteiger partial charge in [-0.25, -0.2) is 0 Å². The van der Waals surface area contributed by atoms with Gasteiger partial charge >= 0.3 is 0 Å². The second kappa shape index (κ2) is 5.80. The van der Waals surface area contributed by atoms with E-state index < -0.39 is 0 Å². The zero-order valence-corrected chi connectivity index (χ0v) is 12.0. The van der Waals surface area contributed by atoms with E-state index in [1.165, 1.54) is 5.56 Å². The molecule has 2 atom stereocenters. The SMILES string of the molecule is CN1CC[C@@H]2CN(CC=Cc3ccccc3)C[C@@H]2C1=O. The first-order chi connectivity index (χ1) is 9.74. The van der Waals surface area contributed by atoms with E-state index in [1.807, 2.05) is 18.0 Å². The van der Waals surface area contributed by atoms with Gasteiger partial charge in [-0.1, -0.05) is 42.5 Å². The van der Waals surface area contributed by atoms with Gasteiger partial charge in [0.2, 0.25) is 5.91 Å². The summed E-state index contributed by atoms with van der Waals surface area (Å²) >= 11 is 0. The summed E-state index contributed by atoms with van der Waals surface area (Å²) < 4.78 is 0.